The van der Waals surface area contributed by atoms with Crippen LogP contribution in [-0.2, 0) is 0 Å². The van der Waals surface area contributed by atoms with Crippen LogP contribution in [0.25, 0.3) is 16.5 Å². The molecule has 0 radical (unpaired) electrons. The highest BCUT2D eigenvalue weighted by Gasteiger charge is 2.16. The molecular weight excluding hydrogens is 380 g/mol. The van der Waals surface area contributed by atoms with E-state index >= 15 is 0 Å². The summed E-state index contributed by atoms with van der Waals surface area (Å²) < 4.78 is 1.83. The largest absolute Gasteiger partial charge is 1.00 e. The SMILES string of the molecule is C[N+](C)(C)CCN=Cc1c(O)n(-c2cccc3ccccc23)c(=O)[nH]c1=O.[Cl-]. The Labute approximate surface area is 168 Å². The monoisotopic (exact) mass is 402 g/mol. The van der Waals surface area contributed by atoms with E-state index in [1.807, 2.05) is 51.5 Å². The maximum atomic E-state index is 12.4. The lowest BCUT2D eigenvalue weighted by Gasteiger charge is -2.22. The molecule has 3 rings (SSSR count). The highest BCUT2D eigenvalue weighted by atomic mass is 35.5. The van der Waals surface area contributed by atoms with Crippen LogP contribution in [0.5, 0.6) is 5.88 Å². The first-order chi connectivity index (χ1) is 12.8. The minimum atomic E-state index is -0.697. The van der Waals surface area contributed by atoms with E-state index in [0.29, 0.717) is 12.2 Å². The van der Waals surface area contributed by atoms with Crippen molar-refractivity contribution in [2.24, 2.45) is 4.99 Å². The summed E-state index contributed by atoms with van der Waals surface area (Å²) in [6.45, 7) is 1.27. The van der Waals surface area contributed by atoms with Gasteiger partial charge in [0.05, 0.1) is 39.9 Å². The number of quaternary nitrogens is 1. The molecule has 8 heteroatoms. The van der Waals surface area contributed by atoms with Gasteiger partial charge in [-0.15, -0.1) is 0 Å². The van der Waals surface area contributed by atoms with E-state index in [9.17, 15) is 14.7 Å². The number of rotatable bonds is 5. The summed E-state index contributed by atoms with van der Waals surface area (Å²) >= 11 is 0. The number of aromatic amines is 1. The molecule has 0 aliphatic carbocycles. The minimum absolute atomic E-state index is 0. The Balaban J connectivity index is 0.00000280. The molecule has 0 spiro atoms. The van der Waals surface area contributed by atoms with Gasteiger partial charge >= 0.3 is 5.69 Å². The van der Waals surface area contributed by atoms with Crippen molar-refractivity contribution in [3.63, 3.8) is 0 Å². The van der Waals surface area contributed by atoms with Gasteiger partial charge in [-0.3, -0.25) is 14.8 Å². The number of benzene rings is 2. The van der Waals surface area contributed by atoms with Gasteiger partial charge in [0.15, 0.2) is 0 Å². The van der Waals surface area contributed by atoms with Crippen LogP contribution in [0, 0.1) is 0 Å². The Morgan fingerprint density at radius 1 is 1.11 bits per heavy atom. The molecule has 0 saturated heterocycles. The van der Waals surface area contributed by atoms with E-state index in [1.165, 1.54) is 6.21 Å². The zero-order valence-electron chi connectivity index (χ0n) is 16.0. The maximum absolute atomic E-state index is 12.4. The van der Waals surface area contributed by atoms with Gasteiger partial charge in [0.25, 0.3) is 5.56 Å². The quantitative estimate of drug-likeness (QED) is 0.403. The molecule has 148 valence electrons. The van der Waals surface area contributed by atoms with Crippen LogP contribution in [0.2, 0.25) is 0 Å². The van der Waals surface area contributed by atoms with Crippen molar-refractivity contribution in [2.75, 3.05) is 34.2 Å². The van der Waals surface area contributed by atoms with Crippen LogP contribution < -0.4 is 23.7 Å². The molecule has 0 saturated carbocycles. The van der Waals surface area contributed by atoms with E-state index in [-0.39, 0.29) is 18.0 Å². The molecule has 0 fully saturated rings. The van der Waals surface area contributed by atoms with Crippen molar-refractivity contribution in [1.82, 2.24) is 9.55 Å². The second-order valence-corrected chi connectivity index (χ2v) is 7.38. The van der Waals surface area contributed by atoms with Gasteiger partial charge in [-0.05, 0) is 11.5 Å². The van der Waals surface area contributed by atoms with Crippen molar-refractivity contribution < 1.29 is 22.0 Å². The number of hydrogen-bond acceptors (Lipinski definition) is 4. The van der Waals surface area contributed by atoms with Crippen LogP contribution >= 0.6 is 0 Å². The second-order valence-electron chi connectivity index (χ2n) is 7.38. The van der Waals surface area contributed by atoms with Crippen molar-refractivity contribution in [3.05, 3.63) is 68.9 Å². The zero-order chi connectivity index (χ0) is 19.6. The zero-order valence-corrected chi connectivity index (χ0v) is 16.8. The fraction of sp³-hybridized carbons (Fsp3) is 0.250. The van der Waals surface area contributed by atoms with Gasteiger partial charge in [-0.25, -0.2) is 9.36 Å². The molecule has 1 aromatic heterocycles. The number of aromatic nitrogens is 2. The Morgan fingerprint density at radius 3 is 2.50 bits per heavy atom. The Morgan fingerprint density at radius 2 is 1.79 bits per heavy atom. The first-order valence-electron chi connectivity index (χ1n) is 8.65. The molecule has 28 heavy (non-hydrogen) atoms. The van der Waals surface area contributed by atoms with Gasteiger partial charge in [0, 0.05) is 11.6 Å². The molecule has 0 aliphatic rings. The highest BCUT2D eigenvalue weighted by molar-refractivity contribution is 5.91. The third kappa shape index (κ3) is 4.49. The molecule has 2 aromatic carbocycles. The predicted molar refractivity (Wildman–Crippen MR) is 107 cm³/mol. The number of nitrogens with zero attached hydrogens (tertiary/aromatic N) is 3. The van der Waals surface area contributed by atoms with E-state index in [0.717, 1.165) is 26.4 Å². The summed E-state index contributed by atoms with van der Waals surface area (Å²) in [5.41, 5.74) is -0.905. The average Bonchev–Trinajstić information content (AvgIpc) is 2.60. The summed E-state index contributed by atoms with van der Waals surface area (Å²) in [6.07, 6.45) is 1.32. The molecule has 0 aliphatic heterocycles. The van der Waals surface area contributed by atoms with Crippen LogP contribution in [-0.4, -0.2) is 59.6 Å². The lowest BCUT2D eigenvalue weighted by molar-refractivity contribution is -0.868. The topological polar surface area (TPSA) is 87.4 Å². The third-order valence-corrected chi connectivity index (χ3v) is 4.25. The Kier molecular flexibility index (Phi) is 6.43. The first-order valence-corrected chi connectivity index (χ1v) is 8.65. The molecule has 3 aromatic rings. The molecule has 2 N–H and O–H groups in total. The molecule has 0 unspecified atom stereocenters. The number of fused-ring (bicyclic) bond motifs is 1. The van der Waals surface area contributed by atoms with Gasteiger partial charge in [0.2, 0.25) is 5.88 Å². The van der Waals surface area contributed by atoms with Crippen LogP contribution in [0.15, 0.2) is 57.0 Å². The van der Waals surface area contributed by atoms with E-state index < -0.39 is 17.1 Å². The number of H-pyrrole nitrogens is 1. The molecule has 1 heterocycles. The van der Waals surface area contributed by atoms with Gasteiger partial charge in [-0.2, -0.15) is 0 Å². The second kappa shape index (κ2) is 8.41. The minimum Gasteiger partial charge on any atom is -1.00 e. The Bertz CT molecular complexity index is 1120. The van der Waals surface area contributed by atoms with Crippen molar-refractivity contribution in [1.29, 1.82) is 0 Å². The standard InChI is InChI=1S/C20H22N4O3.ClH/c1-24(2,3)12-11-21-13-16-18(25)22-20(27)23(19(16)26)17-10-6-8-14-7-4-5-9-15(14)17;/h4-10,13H,11-12H2,1-3H3,(H-,21,22,25,26,27);1H. The van der Waals surface area contributed by atoms with E-state index in [4.69, 9.17) is 0 Å². The third-order valence-electron chi connectivity index (χ3n) is 4.25. The average molecular weight is 403 g/mol. The van der Waals surface area contributed by atoms with Gasteiger partial charge in [0.1, 0.15) is 5.56 Å². The summed E-state index contributed by atoms with van der Waals surface area (Å²) in [4.78, 5) is 31.1. The summed E-state index contributed by atoms with van der Waals surface area (Å²) in [6, 6.07) is 13.0. The summed E-state index contributed by atoms with van der Waals surface area (Å²) in [7, 11) is 6.13. The number of hydrogen-bond donors (Lipinski definition) is 2. The smallest absolute Gasteiger partial charge is 0.335 e. The Hall–Kier alpha value is -2.90. The van der Waals surface area contributed by atoms with Gasteiger partial charge in [-0.1, -0.05) is 36.4 Å². The lowest BCUT2D eigenvalue weighted by Crippen LogP contribution is -3.00. The number of likely N-dealkylation sites (N-methyl/N-ethyl adjacent to an activating group) is 1. The number of aromatic hydroxyl groups is 1. The summed E-state index contributed by atoms with van der Waals surface area (Å²) in [5, 5.41) is 12.4. The first kappa shape index (κ1) is 21.4. The van der Waals surface area contributed by atoms with Crippen LogP contribution in [0.3, 0.4) is 0 Å². The number of aliphatic imine (C=N–C) groups is 1. The number of nitrogens with one attached hydrogen (secondary N) is 1. The van der Waals surface area contributed by atoms with Crippen LogP contribution in [0.1, 0.15) is 5.56 Å². The fourth-order valence-electron chi connectivity index (χ4n) is 2.80. The van der Waals surface area contributed by atoms with E-state index in [1.54, 1.807) is 12.1 Å². The van der Waals surface area contributed by atoms with E-state index in [2.05, 4.69) is 9.98 Å². The molecular formula is C20H23ClN4O3. The van der Waals surface area contributed by atoms with Crippen molar-refractivity contribution >= 4 is 17.0 Å². The fourth-order valence-corrected chi connectivity index (χ4v) is 2.80. The molecule has 7 nitrogen and oxygen atoms in total. The molecule has 0 amide bonds. The normalized spacial score (nSPS) is 11.7. The molecule has 0 atom stereocenters. The number of halogens is 1. The summed E-state index contributed by atoms with van der Waals surface area (Å²) in [5.74, 6) is -0.422. The highest BCUT2D eigenvalue weighted by Crippen LogP contribution is 2.24. The van der Waals surface area contributed by atoms with Crippen LogP contribution in [0.4, 0.5) is 0 Å². The molecule has 0 bridgehead atoms. The van der Waals surface area contributed by atoms with Crippen molar-refractivity contribution in [3.8, 4) is 11.6 Å². The van der Waals surface area contributed by atoms with Gasteiger partial charge < -0.3 is 22.0 Å². The maximum Gasteiger partial charge on any atom is 0.335 e. The van der Waals surface area contributed by atoms with Crippen molar-refractivity contribution in [2.45, 2.75) is 0 Å². The lowest BCUT2D eigenvalue weighted by atomic mass is 10.1. The predicted octanol–water partition coefficient (Wildman–Crippen LogP) is -1.49.